The first-order valence-corrected chi connectivity index (χ1v) is 8.02. The Bertz CT molecular complexity index is 979. The van der Waals surface area contributed by atoms with Crippen LogP contribution in [-0.4, -0.2) is 28.6 Å². The van der Waals surface area contributed by atoms with Gasteiger partial charge in [-0.15, -0.1) is 10.2 Å². The van der Waals surface area contributed by atoms with Crippen molar-refractivity contribution in [1.82, 2.24) is 15.5 Å². The van der Waals surface area contributed by atoms with Crippen molar-refractivity contribution in [1.29, 1.82) is 0 Å². The van der Waals surface area contributed by atoms with Gasteiger partial charge >= 0.3 is 5.97 Å². The Morgan fingerprint density at radius 3 is 2.67 bits per heavy atom. The van der Waals surface area contributed by atoms with Crippen LogP contribution in [0.2, 0.25) is 0 Å². The molecule has 0 spiro atoms. The maximum Gasteiger partial charge on any atom is 0.325 e. The molecule has 1 N–H and O–H groups in total. The zero-order chi connectivity index (χ0) is 19.4. The van der Waals surface area contributed by atoms with E-state index < -0.39 is 24.2 Å². The molecule has 3 rings (SSSR count). The second-order valence-electron chi connectivity index (χ2n) is 5.65. The van der Waals surface area contributed by atoms with Gasteiger partial charge in [0.05, 0.1) is 11.1 Å². The molecule has 0 unspecified atom stereocenters. The number of rotatable bonds is 6. The number of halogens is 1. The number of carbonyl (C=O) groups excluding carboxylic acids is 2. The van der Waals surface area contributed by atoms with Crippen LogP contribution in [0, 0.1) is 19.7 Å². The SMILES string of the molecule is Cc1cc(-c2nnc(COC(=O)CNC(=O)c3ccccc3F)o2)c(C)o1. The monoisotopic (exact) mass is 373 g/mol. The number of carbonyl (C=O) groups is 2. The van der Waals surface area contributed by atoms with E-state index in [1.807, 2.05) is 0 Å². The number of benzene rings is 1. The van der Waals surface area contributed by atoms with E-state index >= 15 is 0 Å². The van der Waals surface area contributed by atoms with Crippen molar-refractivity contribution in [3.8, 4) is 11.5 Å². The van der Waals surface area contributed by atoms with Crippen LogP contribution in [0.15, 0.2) is 39.2 Å². The summed E-state index contributed by atoms with van der Waals surface area (Å²) in [6.45, 7) is 2.89. The number of aromatic nitrogens is 2. The average Bonchev–Trinajstić information content (AvgIpc) is 3.24. The van der Waals surface area contributed by atoms with Gasteiger partial charge in [-0.3, -0.25) is 9.59 Å². The lowest BCUT2D eigenvalue weighted by Crippen LogP contribution is -2.31. The van der Waals surface area contributed by atoms with Crippen LogP contribution in [0.4, 0.5) is 4.39 Å². The van der Waals surface area contributed by atoms with E-state index in [2.05, 4.69) is 15.5 Å². The lowest BCUT2D eigenvalue weighted by molar-refractivity contribution is -0.144. The molecule has 8 nitrogen and oxygen atoms in total. The molecule has 27 heavy (non-hydrogen) atoms. The molecule has 0 saturated carbocycles. The van der Waals surface area contributed by atoms with Gasteiger partial charge in [-0.2, -0.15) is 0 Å². The number of amides is 1. The highest BCUT2D eigenvalue weighted by atomic mass is 19.1. The molecule has 0 radical (unpaired) electrons. The smallest absolute Gasteiger partial charge is 0.325 e. The Kier molecular flexibility index (Phi) is 5.30. The molecule has 0 fully saturated rings. The summed E-state index contributed by atoms with van der Waals surface area (Å²) in [6, 6.07) is 7.22. The van der Waals surface area contributed by atoms with E-state index in [9.17, 15) is 14.0 Å². The summed E-state index contributed by atoms with van der Waals surface area (Å²) in [6.07, 6.45) is 0. The van der Waals surface area contributed by atoms with Crippen LogP contribution in [0.25, 0.3) is 11.5 Å². The van der Waals surface area contributed by atoms with Crippen molar-refractivity contribution in [3.63, 3.8) is 0 Å². The van der Waals surface area contributed by atoms with Gasteiger partial charge in [0, 0.05) is 0 Å². The molecule has 0 aliphatic carbocycles. The van der Waals surface area contributed by atoms with Gasteiger partial charge in [0.2, 0.25) is 0 Å². The Balaban J connectivity index is 1.50. The summed E-state index contributed by atoms with van der Waals surface area (Å²) < 4.78 is 29.3. The molecule has 2 heterocycles. The normalized spacial score (nSPS) is 10.6. The molecule has 0 saturated heterocycles. The molecule has 3 aromatic rings. The third kappa shape index (κ3) is 4.38. The number of hydrogen-bond acceptors (Lipinski definition) is 7. The number of nitrogens with one attached hydrogen (secondary N) is 1. The second-order valence-corrected chi connectivity index (χ2v) is 5.65. The molecule has 0 aliphatic rings. The maximum atomic E-state index is 13.5. The predicted octanol–water partition coefficient (Wildman–Crippen LogP) is 2.56. The molecule has 140 valence electrons. The minimum absolute atomic E-state index is 0.0945. The van der Waals surface area contributed by atoms with Crippen molar-refractivity contribution < 1.29 is 27.6 Å². The third-order valence-corrected chi connectivity index (χ3v) is 3.61. The first-order valence-electron chi connectivity index (χ1n) is 8.02. The quantitative estimate of drug-likeness (QED) is 0.662. The number of ether oxygens (including phenoxy) is 1. The molecule has 1 aromatic carbocycles. The van der Waals surface area contributed by atoms with Crippen LogP contribution in [0.1, 0.15) is 27.8 Å². The van der Waals surface area contributed by atoms with E-state index in [1.54, 1.807) is 19.9 Å². The fourth-order valence-corrected chi connectivity index (χ4v) is 2.35. The molecule has 0 atom stereocenters. The van der Waals surface area contributed by atoms with E-state index in [0.29, 0.717) is 17.1 Å². The predicted molar refractivity (Wildman–Crippen MR) is 90.0 cm³/mol. The van der Waals surface area contributed by atoms with Crippen LogP contribution >= 0.6 is 0 Å². The van der Waals surface area contributed by atoms with E-state index in [4.69, 9.17) is 13.6 Å². The van der Waals surface area contributed by atoms with Gasteiger partial charge in [0.1, 0.15) is 23.9 Å². The lowest BCUT2D eigenvalue weighted by atomic mass is 10.2. The molecule has 2 aromatic heterocycles. The fourth-order valence-electron chi connectivity index (χ4n) is 2.35. The highest BCUT2D eigenvalue weighted by Crippen LogP contribution is 2.25. The van der Waals surface area contributed by atoms with Crippen LogP contribution in [-0.2, 0) is 16.1 Å². The van der Waals surface area contributed by atoms with E-state index in [1.165, 1.54) is 18.2 Å². The largest absolute Gasteiger partial charge is 0.466 e. The summed E-state index contributed by atoms with van der Waals surface area (Å²) in [5.74, 6) is -0.424. The van der Waals surface area contributed by atoms with Gasteiger partial charge in [0.25, 0.3) is 17.7 Å². The van der Waals surface area contributed by atoms with Crippen molar-refractivity contribution in [2.45, 2.75) is 20.5 Å². The standard InChI is InChI=1S/C18H16FN3O5/c1-10-7-13(11(2)26-10)18-22-21-15(27-18)9-25-16(23)8-20-17(24)12-5-3-4-6-14(12)19/h3-7H,8-9H2,1-2H3,(H,20,24). The molecule has 9 heteroatoms. The van der Waals surface area contributed by atoms with Crippen LogP contribution in [0.3, 0.4) is 0 Å². The first-order chi connectivity index (χ1) is 12.9. The minimum Gasteiger partial charge on any atom is -0.466 e. The van der Waals surface area contributed by atoms with Crippen LogP contribution < -0.4 is 5.32 Å². The molecule has 0 aliphatic heterocycles. The fraction of sp³-hybridized carbons (Fsp3) is 0.222. The van der Waals surface area contributed by atoms with Crippen molar-refractivity contribution >= 4 is 11.9 Å². The van der Waals surface area contributed by atoms with Crippen molar-refractivity contribution in [2.24, 2.45) is 0 Å². The van der Waals surface area contributed by atoms with E-state index in [-0.39, 0.29) is 24.0 Å². The Labute approximate surface area is 153 Å². The number of hydrogen-bond donors (Lipinski definition) is 1. The maximum absolute atomic E-state index is 13.5. The zero-order valence-electron chi connectivity index (χ0n) is 14.6. The number of furan rings is 1. The summed E-state index contributed by atoms with van der Waals surface area (Å²) in [5, 5.41) is 9.96. The van der Waals surface area contributed by atoms with E-state index in [0.717, 1.165) is 6.07 Å². The third-order valence-electron chi connectivity index (χ3n) is 3.61. The zero-order valence-corrected chi connectivity index (χ0v) is 14.6. The molecular formula is C18H16FN3O5. The number of aryl methyl sites for hydroxylation is 2. The molecular weight excluding hydrogens is 357 g/mol. The van der Waals surface area contributed by atoms with Crippen LogP contribution in [0.5, 0.6) is 0 Å². The van der Waals surface area contributed by atoms with Gasteiger partial charge in [-0.1, -0.05) is 12.1 Å². The lowest BCUT2D eigenvalue weighted by Gasteiger charge is -2.05. The minimum atomic E-state index is -0.727. The molecule has 0 bridgehead atoms. The Morgan fingerprint density at radius 1 is 1.19 bits per heavy atom. The Hall–Kier alpha value is -3.49. The topological polar surface area (TPSA) is 107 Å². The summed E-state index contributed by atoms with van der Waals surface area (Å²) in [5.41, 5.74) is 0.507. The van der Waals surface area contributed by atoms with Crippen molar-refractivity contribution in [3.05, 3.63) is 59.1 Å². The first kappa shape index (κ1) is 18.3. The van der Waals surface area contributed by atoms with Gasteiger partial charge < -0.3 is 18.9 Å². The number of esters is 1. The van der Waals surface area contributed by atoms with Crippen molar-refractivity contribution in [2.75, 3.05) is 6.54 Å². The molecule has 1 amide bonds. The summed E-state index contributed by atoms with van der Waals surface area (Å²) in [4.78, 5) is 23.6. The summed E-state index contributed by atoms with van der Waals surface area (Å²) >= 11 is 0. The highest BCUT2D eigenvalue weighted by molar-refractivity contribution is 5.96. The van der Waals surface area contributed by atoms with Gasteiger partial charge in [-0.05, 0) is 32.0 Å². The Morgan fingerprint density at radius 2 is 1.96 bits per heavy atom. The average molecular weight is 373 g/mol. The van der Waals surface area contributed by atoms with Gasteiger partial charge in [0.15, 0.2) is 6.61 Å². The van der Waals surface area contributed by atoms with Gasteiger partial charge in [-0.25, -0.2) is 4.39 Å². The second kappa shape index (κ2) is 7.81. The summed E-state index contributed by atoms with van der Waals surface area (Å²) in [7, 11) is 0. The highest BCUT2D eigenvalue weighted by Gasteiger charge is 2.16. The number of nitrogens with zero attached hydrogens (tertiary/aromatic N) is 2.